The number of hydrogen-bond donors (Lipinski definition) is 0. The number of epoxide rings is 1. The van der Waals surface area contributed by atoms with Crippen LogP contribution >= 0.6 is 23.2 Å². The highest BCUT2D eigenvalue weighted by Gasteiger charge is 2.38. The number of ether oxygens (including phenoxy) is 1. The van der Waals surface area contributed by atoms with Crippen LogP contribution in [0.15, 0.2) is 18.2 Å². The Bertz CT molecular complexity index is 345. The molecule has 76 valence electrons. The first-order valence-corrected chi connectivity index (χ1v) is 5.43. The molecule has 0 N–H and O–H groups in total. The Kier molecular flexibility index (Phi) is 2.74. The normalized spacial score (nSPS) is 25.1. The molecule has 1 aromatic carbocycles. The van der Waals surface area contributed by atoms with E-state index in [1.54, 1.807) is 0 Å². The van der Waals surface area contributed by atoms with E-state index in [9.17, 15) is 0 Å². The van der Waals surface area contributed by atoms with Crippen LogP contribution in [-0.2, 0) is 11.2 Å². The highest BCUT2D eigenvalue weighted by atomic mass is 35.5. The summed E-state index contributed by atoms with van der Waals surface area (Å²) in [7, 11) is 0. The largest absolute Gasteiger partial charge is 0.370 e. The quantitative estimate of drug-likeness (QED) is 0.722. The summed E-state index contributed by atoms with van der Waals surface area (Å²) < 4.78 is 5.31. The fourth-order valence-corrected chi connectivity index (χ4v) is 1.69. The Morgan fingerprint density at radius 2 is 2.07 bits per heavy atom. The Labute approximate surface area is 94.0 Å². The lowest BCUT2D eigenvalue weighted by Gasteiger charge is -2.05. The first-order valence-electron chi connectivity index (χ1n) is 4.67. The maximum absolute atomic E-state index is 5.92. The van der Waals surface area contributed by atoms with Crippen molar-refractivity contribution < 1.29 is 4.74 Å². The molecule has 1 heterocycles. The highest BCUT2D eigenvalue weighted by Crippen LogP contribution is 2.32. The summed E-state index contributed by atoms with van der Waals surface area (Å²) in [5, 5.41) is 1.25. The molecule has 1 saturated heterocycles. The van der Waals surface area contributed by atoms with E-state index in [0.717, 1.165) is 19.4 Å². The van der Waals surface area contributed by atoms with Crippen LogP contribution in [0.4, 0.5) is 0 Å². The van der Waals surface area contributed by atoms with Gasteiger partial charge in [0.2, 0.25) is 0 Å². The second-order valence-corrected chi connectivity index (χ2v) is 4.80. The van der Waals surface area contributed by atoms with Gasteiger partial charge in [0.1, 0.15) is 0 Å². The summed E-state index contributed by atoms with van der Waals surface area (Å²) in [6, 6.07) is 5.78. The SMILES string of the molecule is CC1(CCc2ccc(Cl)c(Cl)c2)CO1. The van der Waals surface area contributed by atoms with Crippen molar-refractivity contribution in [3.05, 3.63) is 33.8 Å². The standard InChI is InChI=1S/C11H12Cl2O/c1-11(7-14-11)5-4-8-2-3-9(12)10(13)6-8/h2-3,6H,4-5,7H2,1H3. The van der Waals surface area contributed by atoms with Crippen LogP contribution < -0.4 is 0 Å². The lowest BCUT2D eigenvalue weighted by Crippen LogP contribution is -2.05. The average Bonchev–Trinajstić information content (AvgIpc) is 2.87. The van der Waals surface area contributed by atoms with Gasteiger partial charge in [0.25, 0.3) is 0 Å². The summed E-state index contributed by atoms with van der Waals surface area (Å²) >= 11 is 11.7. The van der Waals surface area contributed by atoms with Crippen LogP contribution in [0.5, 0.6) is 0 Å². The van der Waals surface area contributed by atoms with E-state index in [4.69, 9.17) is 27.9 Å². The van der Waals surface area contributed by atoms with Crippen molar-refractivity contribution in [3.63, 3.8) is 0 Å². The number of rotatable bonds is 3. The summed E-state index contributed by atoms with van der Waals surface area (Å²) in [6.07, 6.45) is 2.04. The minimum absolute atomic E-state index is 0.117. The summed E-state index contributed by atoms with van der Waals surface area (Å²) in [5.74, 6) is 0. The Morgan fingerprint density at radius 3 is 2.64 bits per heavy atom. The minimum atomic E-state index is 0.117. The van der Waals surface area contributed by atoms with Gasteiger partial charge in [0.15, 0.2) is 0 Å². The maximum Gasteiger partial charge on any atom is 0.0891 e. The lowest BCUT2D eigenvalue weighted by atomic mass is 10.0. The van der Waals surface area contributed by atoms with Crippen LogP contribution in [0.2, 0.25) is 10.0 Å². The van der Waals surface area contributed by atoms with Gasteiger partial charge in [-0.2, -0.15) is 0 Å². The zero-order valence-corrected chi connectivity index (χ0v) is 9.53. The van der Waals surface area contributed by atoms with Crippen LogP contribution in [0, 0.1) is 0 Å². The third kappa shape index (κ3) is 2.41. The van der Waals surface area contributed by atoms with Gasteiger partial charge >= 0.3 is 0 Å². The molecule has 0 aromatic heterocycles. The van der Waals surface area contributed by atoms with E-state index >= 15 is 0 Å². The molecular formula is C11H12Cl2O. The van der Waals surface area contributed by atoms with Crippen LogP contribution in [0.1, 0.15) is 18.9 Å². The van der Waals surface area contributed by atoms with Gasteiger partial charge in [-0.15, -0.1) is 0 Å². The maximum atomic E-state index is 5.92. The van der Waals surface area contributed by atoms with E-state index in [1.165, 1.54) is 5.56 Å². The smallest absolute Gasteiger partial charge is 0.0891 e. The molecule has 14 heavy (non-hydrogen) atoms. The van der Waals surface area contributed by atoms with E-state index in [0.29, 0.717) is 10.0 Å². The fraction of sp³-hybridized carbons (Fsp3) is 0.455. The first-order chi connectivity index (χ1) is 6.59. The predicted molar refractivity (Wildman–Crippen MR) is 59.1 cm³/mol. The zero-order valence-electron chi connectivity index (χ0n) is 8.02. The molecular weight excluding hydrogens is 219 g/mol. The molecule has 0 bridgehead atoms. The van der Waals surface area contributed by atoms with Crippen molar-refractivity contribution in [2.24, 2.45) is 0 Å². The summed E-state index contributed by atoms with van der Waals surface area (Å²) in [6.45, 7) is 3.01. The van der Waals surface area contributed by atoms with E-state index in [-0.39, 0.29) is 5.60 Å². The minimum Gasteiger partial charge on any atom is -0.370 e. The van der Waals surface area contributed by atoms with Gasteiger partial charge in [0, 0.05) is 0 Å². The molecule has 1 aromatic rings. The van der Waals surface area contributed by atoms with Crippen molar-refractivity contribution in [3.8, 4) is 0 Å². The molecule has 0 aliphatic carbocycles. The third-order valence-electron chi connectivity index (χ3n) is 2.56. The summed E-state index contributed by atoms with van der Waals surface area (Å²) in [5.41, 5.74) is 1.34. The molecule has 0 radical (unpaired) electrons. The Hall–Kier alpha value is -0.240. The van der Waals surface area contributed by atoms with Gasteiger partial charge in [-0.25, -0.2) is 0 Å². The monoisotopic (exact) mass is 230 g/mol. The molecule has 1 atom stereocenters. The number of benzene rings is 1. The predicted octanol–water partition coefficient (Wildman–Crippen LogP) is 3.71. The van der Waals surface area contributed by atoms with Crippen molar-refractivity contribution in [1.82, 2.24) is 0 Å². The van der Waals surface area contributed by atoms with E-state index in [1.807, 2.05) is 18.2 Å². The molecule has 0 spiro atoms. The van der Waals surface area contributed by atoms with Crippen LogP contribution in [-0.4, -0.2) is 12.2 Å². The highest BCUT2D eigenvalue weighted by molar-refractivity contribution is 6.42. The molecule has 3 heteroatoms. The van der Waals surface area contributed by atoms with Crippen LogP contribution in [0.25, 0.3) is 0 Å². The van der Waals surface area contributed by atoms with Gasteiger partial charge in [-0.3, -0.25) is 0 Å². The Balaban J connectivity index is 1.99. The average molecular weight is 231 g/mol. The molecule has 1 unspecified atom stereocenters. The van der Waals surface area contributed by atoms with Crippen molar-refractivity contribution >= 4 is 23.2 Å². The second kappa shape index (κ2) is 3.73. The van der Waals surface area contributed by atoms with Gasteiger partial charge < -0.3 is 4.74 Å². The molecule has 1 aliphatic rings. The number of halogens is 2. The Morgan fingerprint density at radius 1 is 1.36 bits per heavy atom. The molecule has 1 aliphatic heterocycles. The first kappa shape index (κ1) is 10.3. The van der Waals surface area contributed by atoms with E-state index < -0.39 is 0 Å². The van der Waals surface area contributed by atoms with Crippen molar-refractivity contribution in [1.29, 1.82) is 0 Å². The zero-order chi connectivity index (χ0) is 10.2. The van der Waals surface area contributed by atoms with Crippen molar-refractivity contribution in [2.75, 3.05) is 6.61 Å². The molecule has 1 fully saturated rings. The molecule has 0 amide bonds. The topological polar surface area (TPSA) is 12.5 Å². The van der Waals surface area contributed by atoms with Crippen molar-refractivity contribution in [2.45, 2.75) is 25.4 Å². The molecule has 0 saturated carbocycles. The molecule has 2 rings (SSSR count). The lowest BCUT2D eigenvalue weighted by molar-refractivity contribution is 0.309. The fourth-order valence-electron chi connectivity index (χ4n) is 1.37. The van der Waals surface area contributed by atoms with E-state index in [2.05, 4.69) is 6.92 Å². The van der Waals surface area contributed by atoms with Gasteiger partial charge in [-0.1, -0.05) is 29.3 Å². The number of aryl methyl sites for hydroxylation is 1. The summed E-state index contributed by atoms with van der Waals surface area (Å²) in [4.78, 5) is 0. The van der Waals surface area contributed by atoms with Gasteiger partial charge in [-0.05, 0) is 37.5 Å². The van der Waals surface area contributed by atoms with Crippen LogP contribution in [0.3, 0.4) is 0 Å². The second-order valence-electron chi connectivity index (χ2n) is 3.99. The third-order valence-corrected chi connectivity index (χ3v) is 3.30. The number of hydrogen-bond acceptors (Lipinski definition) is 1. The molecule has 1 nitrogen and oxygen atoms in total. The van der Waals surface area contributed by atoms with Gasteiger partial charge in [0.05, 0.1) is 22.3 Å².